The molecular formula is C18H25N3O4. The van der Waals surface area contributed by atoms with Crippen LogP contribution < -0.4 is 11.1 Å². The van der Waals surface area contributed by atoms with Crippen LogP contribution in [0, 0.1) is 0 Å². The van der Waals surface area contributed by atoms with E-state index >= 15 is 0 Å². The molecule has 1 fully saturated rings. The first-order chi connectivity index (χ1) is 11.9. The number of hydrogen-bond donors (Lipinski definition) is 3. The Morgan fingerprint density at radius 3 is 2.64 bits per heavy atom. The van der Waals surface area contributed by atoms with E-state index in [1.807, 2.05) is 30.3 Å². The lowest BCUT2D eigenvalue weighted by Crippen LogP contribution is -2.53. The number of rotatable bonds is 7. The molecule has 3 atom stereocenters. The van der Waals surface area contributed by atoms with E-state index in [2.05, 4.69) is 5.32 Å². The van der Waals surface area contributed by atoms with E-state index in [9.17, 15) is 14.4 Å². The minimum Gasteiger partial charge on any atom is -0.480 e. The standard InChI is InChI=1S/C18H25N3O4/c1-12(17(23)21-11-5-8-15(21)18(24)25)20-16(22)14(19)10-9-13-6-3-2-4-7-13/h2-4,6-7,12,14-15H,5,8-11,19H2,1H3,(H,20,22)(H,24,25)/t12-,14-,15-/m0/s1. The van der Waals surface area contributed by atoms with Gasteiger partial charge in [0.1, 0.15) is 12.1 Å². The van der Waals surface area contributed by atoms with Gasteiger partial charge in [0.05, 0.1) is 6.04 Å². The smallest absolute Gasteiger partial charge is 0.326 e. The number of likely N-dealkylation sites (tertiary alicyclic amines) is 1. The average molecular weight is 347 g/mol. The van der Waals surface area contributed by atoms with E-state index in [1.165, 1.54) is 4.90 Å². The molecule has 1 saturated heterocycles. The third kappa shape index (κ3) is 5.03. The van der Waals surface area contributed by atoms with E-state index in [1.54, 1.807) is 6.92 Å². The van der Waals surface area contributed by atoms with Gasteiger partial charge in [-0.25, -0.2) is 4.79 Å². The Hall–Kier alpha value is -2.41. The molecule has 1 aromatic carbocycles. The highest BCUT2D eigenvalue weighted by Crippen LogP contribution is 2.18. The Labute approximate surface area is 147 Å². The van der Waals surface area contributed by atoms with Crippen LogP contribution in [0.4, 0.5) is 0 Å². The number of carboxylic acid groups (broad SMARTS) is 1. The van der Waals surface area contributed by atoms with Crippen molar-refractivity contribution in [2.45, 2.75) is 50.7 Å². The number of carboxylic acids is 1. The molecule has 1 heterocycles. The third-order valence-corrected chi connectivity index (χ3v) is 4.47. The summed E-state index contributed by atoms with van der Waals surface area (Å²) in [6.45, 7) is 1.96. The van der Waals surface area contributed by atoms with Gasteiger partial charge >= 0.3 is 5.97 Å². The van der Waals surface area contributed by atoms with E-state index in [0.29, 0.717) is 32.2 Å². The minimum absolute atomic E-state index is 0.381. The summed E-state index contributed by atoms with van der Waals surface area (Å²) >= 11 is 0. The molecule has 1 aliphatic rings. The quantitative estimate of drug-likeness (QED) is 0.666. The van der Waals surface area contributed by atoms with Gasteiger partial charge in [0.2, 0.25) is 11.8 Å². The van der Waals surface area contributed by atoms with Crippen LogP contribution in [-0.2, 0) is 20.8 Å². The van der Waals surface area contributed by atoms with Crippen molar-refractivity contribution in [3.63, 3.8) is 0 Å². The lowest BCUT2D eigenvalue weighted by Gasteiger charge is -2.26. The van der Waals surface area contributed by atoms with Crippen molar-refractivity contribution in [1.29, 1.82) is 0 Å². The number of carbonyl (C=O) groups is 3. The third-order valence-electron chi connectivity index (χ3n) is 4.47. The number of aryl methyl sites for hydroxylation is 1. The summed E-state index contributed by atoms with van der Waals surface area (Å²) in [6.07, 6.45) is 2.24. The maximum Gasteiger partial charge on any atom is 0.326 e. The number of benzene rings is 1. The zero-order valence-electron chi connectivity index (χ0n) is 14.4. The number of hydrogen-bond acceptors (Lipinski definition) is 4. The summed E-state index contributed by atoms with van der Waals surface area (Å²) in [4.78, 5) is 37.1. The van der Waals surface area contributed by atoms with Gasteiger partial charge in [0, 0.05) is 6.54 Å². The summed E-state index contributed by atoms with van der Waals surface area (Å²) in [6, 6.07) is 7.39. The molecule has 0 unspecified atom stereocenters. The van der Waals surface area contributed by atoms with Crippen LogP contribution >= 0.6 is 0 Å². The molecule has 7 nitrogen and oxygen atoms in total. The predicted octanol–water partition coefficient (Wildman–Crippen LogP) is 0.527. The van der Waals surface area contributed by atoms with Crippen molar-refractivity contribution >= 4 is 17.8 Å². The van der Waals surface area contributed by atoms with Gasteiger partial charge in [-0.1, -0.05) is 30.3 Å². The fourth-order valence-electron chi connectivity index (χ4n) is 3.02. The summed E-state index contributed by atoms with van der Waals surface area (Å²) in [5.41, 5.74) is 7.01. The molecule has 1 aromatic rings. The topological polar surface area (TPSA) is 113 Å². The first-order valence-corrected chi connectivity index (χ1v) is 8.53. The zero-order chi connectivity index (χ0) is 18.4. The van der Waals surface area contributed by atoms with Crippen LogP contribution in [0.3, 0.4) is 0 Å². The summed E-state index contributed by atoms with van der Waals surface area (Å²) < 4.78 is 0. The van der Waals surface area contributed by atoms with Crippen LogP contribution in [0.5, 0.6) is 0 Å². The van der Waals surface area contributed by atoms with Crippen LogP contribution in [0.15, 0.2) is 30.3 Å². The Morgan fingerprint density at radius 1 is 1.32 bits per heavy atom. The molecule has 25 heavy (non-hydrogen) atoms. The number of amides is 2. The highest BCUT2D eigenvalue weighted by molar-refractivity contribution is 5.91. The van der Waals surface area contributed by atoms with Crippen molar-refractivity contribution in [3.05, 3.63) is 35.9 Å². The summed E-state index contributed by atoms with van der Waals surface area (Å²) in [5, 5.41) is 11.8. The highest BCUT2D eigenvalue weighted by atomic mass is 16.4. The summed E-state index contributed by atoms with van der Waals surface area (Å²) in [7, 11) is 0. The van der Waals surface area contributed by atoms with Gasteiger partial charge in [-0.05, 0) is 38.2 Å². The van der Waals surface area contributed by atoms with E-state index in [-0.39, 0.29) is 5.91 Å². The van der Waals surface area contributed by atoms with Crippen LogP contribution in [0.1, 0.15) is 31.7 Å². The molecule has 2 amide bonds. The van der Waals surface area contributed by atoms with Crippen molar-refractivity contribution in [3.8, 4) is 0 Å². The molecule has 4 N–H and O–H groups in total. The van der Waals surface area contributed by atoms with Gasteiger partial charge in [0.25, 0.3) is 0 Å². The predicted molar refractivity (Wildman–Crippen MR) is 92.7 cm³/mol. The van der Waals surface area contributed by atoms with E-state index < -0.39 is 30.0 Å². The van der Waals surface area contributed by atoms with Crippen molar-refractivity contribution in [1.82, 2.24) is 10.2 Å². The fourth-order valence-corrected chi connectivity index (χ4v) is 3.02. The van der Waals surface area contributed by atoms with E-state index in [4.69, 9.17) is 10.8 Å². The lowest BCUT2D eigenvalue weighted by molar-refractivity contribution is -0.149. The maximum absolute atomic E-state index is 12.4. The molecule has 0 saturated carbocycles. The molecule has 136 valence electrons. The van der Waals surface area contributed by atoms with Gasteiger partial charge in [-0.15, -0.1) is 0 Å². The normalized spacial score (nSPS) is 19.3. The van der Waals surface area contributed by atoms with Crippen molar-refractivity contribution < 1.29 is 19.5 Å². The monoisotopic (exact) mass is 347 g/mol. The molecule has 0 aromatic heterocycles. The van der Waals surface area contributed by atoms with Gasteiger partial charge < -0.3 is 21.1 Å². The molecular weight excluding hydrogens is 322 g/mol. The minimum atomic E-state index is -1.01. The van der Waals surface area contributed by atoms with Crippen molar-refractivity contribution in [2.24, 2.45) is 5.73 Å². The SMILES string of the molecule is C[C@H](NC(=O)[C@@H](N)CCc1ccccc1)C(=O)N1CCC[C@H]1C(=O)O. The Bertz CT molecular complexity index is 620. The second-order valence-corrected chi connectivity index (χ2v) is 6.39. The van der Waals surface area contributed by atoms with Gasteiger partial charge in [0.15, 0.2) is 0 Å². The molecule has 1 aliphatic heterocycles. The second-order valence-electron chi connectivity index (χ2n) is 6.39. The zero-order valence-corrected chi connectivity index (χ0v) is 14.4. The number of carbonyl (C=O) groups excluding carboxylic acids is 2. The van der Waals surface area contributed by atoms with E-state index in [0.717, 1.165) is 5.56 Å². The second kappa shape index (κ2) is 8.62. The number of nitrogens with one attached hydrogen (secondary N) is 1. The maximum atomic E-state index is 12.4. The lowest BCUT2D eigenvalue weighted by atomic mass is 10.1. The molecule has 0 bridgehead atoms. The summed E-state index contributed by atoms with van der Waals surface area (Å²) in [5.74, 6) is -1.79. The Morgan fingerprint density at radius 2 is 2.00 bits per heavy atom. The van der Waals surface area contributed by atoms with Gasteiger partial charge in [-0.3, -0.25) is 9.59 Å². The van der Waals surface area contributed by atoms with Crippen LogP contribution in [0.25, 0.3) is 0 Å². The van der Waals surface area contributed by atoms with Crippen LogP contribution in [0.2, 0.25) is 0 Å². The number of nitrogens with zero attached hydrogens (tertiary/aromatic N) is 1. The Balaban J connectivity index is 1.84. The fraction of sp³-hybridized carbons (Fsp3) is 0.500. The first kappa shape index (κ1) is 18.9. The van der Waals surface area contributed by atoms with Gasteiger partial charge in [-0.2, -0.15) is 0 Å². The molecule has 7 heteroatoms. The van der Waals surface area contributed by atoms with Crippen LogP contribution in [-0.4, -0.2) is 52.5 Å². The largest absolute Gasteiger partial charge is 0.480 e. The first-order valence-electron chi connectivity index (χ1n) is 8.53. The van der Waals surface area contributed by atoms with Crippen molar-refractivity contribution in [2.75, 3.05) is 6.54 Å². The molecule has 0 aliphatic carbocycles. The molecule has 2 rings (SSSR count). The molecule has 0 spiro atoms. The highest BCUT2D eigenvalue weighted by Gasteiger charge is 2.36. The number of aliphatic carboxylic acids is 1. The number of nitrogens with two attached hydrogens (primary N) is 1. The average Bonchev–Trinajstić information content (AvgIpc) is 3.09. The molecule has 0 radical (unpaired) electrons. The Kier molecular flexibility index (Phi) is 6.52.